The van der Waals surface area contributed by atoms with Gasteiger partial charge in [-0.2, -0.15) is 0 Å². The molecule has 2 aromatic rings. The van der Waals surface area contributed by atoms with Crippen molar-refractivity contribution in [3.05, 3.63) is 47.5 Å². The second-order valence-electron chi connectivity index (χ2n) is 7.61. The summed E-state index contributed by atoms with van der Waals surface area (Å²) < 4.78 is 21.3. The maximum Gasteiger partial charge on any atom is 0.330 e. The van der Waals surface area contributed by atoms with Crippen molar-refractivity contribution in [2.45, 2.75) is 32.8 Å². The highest BCUT2D eigenvalue weighted by Gasteiger charge is 2.14. The first-order chi connectivity index (χ1) is 14.1. The smallest absolute Gasteiger partial charge is 0.330 e. The number of carbonyl (C=O) groups excluding carboxylic acids is 1. The lowest BCUT2D eigenvalue weighted by Crippen LogP contribution is -2.23. The third-order valence-electron chi connectivity index (χ3n) is 4.04. The highest BCUT2D eigenvalue weighted by atomic mass is 16.5. The van der Waals surface area contributed by atoms with E-state index >= 15 is 0 Å². The molecule has 3 N–H and O–H groups in total. The highest BCUT2D eigenvalue weighted by molar-refractivity contribution is 5.87. The minimum atomic E-state index is -0.484. The summed E-state index contributed by atoms with van der Waals surface area (Å²) in [4.78, 5) is 12.0. The van der Waals surface area contributed by atoms with E-state index < -0.39 is 5.97 Å². The zero-order chi connectivity index (χ0) is 22.3. The Morgan fingerprint density at radius 1 is 1.07 bits per heavy atom. The molecule has 0 saturated heterocycles. The molecule has 0 heterocycles. The Labute approximate surface area is 177 Å². The predicted molar refractivity (Wildman–Crippen MR) is 116 cm³/mol. The van der Waals surface area contributed by atoms with Crippen LogP contribution in [0.25, 0.3) is 6.08 Å². The normalized spacial score (nSPS) is 11.4. The number of carbonyl (C=O) groups is 1. The molecule has 0 aliphatic heterocycles. The lowest BCUT2D eigenvalue weighted by atomic mass is 10.1. The number of hydrogen-bond donors (Lipinski definition) is 2. The Balaban J connectivity index is 1.95. The molecule has 0 aliphatic carbocycles. The molecule has 7 heteroatoms. The van der Waals surface area contributed by atoms with Crippen LogP contribution >= 0.6 is 0 Å². The predicted octanol–water partition coefficient (Wildman–Crippen LogP) is 3.97. The van der Waals surface area contributed by atoms with E-state index in [2.05, 4.69) is 0 Å². The highest BCUT2D eigenvalue weighted by Crippen LogP contribution is 2.37. The maximum atomic E-state index is 12.0. The fourth-order valence-electron chi connectivity index (χ4n) is 2.64. The van der Waals surface area contributed by atoms with Gasteiger partial charge in [-0.05, 0) is 62.2 Å². The summed E-state index contributed by atoms with van der Waals surface area (Å²) in [6, 6.07) is 8.70. The van der Waals surface area contributed by atoms with Crippen LogP contribution in [-0.2, 0) is 16.0 Å². The van der Waals surface area contributed by atoms with Crippen molar-refractivity contribution in [1.82, 2.24) is 0 Å². The van der Waals surface area contributed by atoms with Crippen LogP contribution in [0.4, 0.5) is 5.69 Å². The van der Waals surface area contributed by atoms with Crippen molar-refractivity contribution >= 4 is 17.7 Å². The second-order valence-corrected chi connectivity index (χ2v) is 7.61. The standard InChI is InChI=1S/C23H29NO6/c1-23(2,3)30-18-12-15(6-8-17(18)24)10-11-29-21(25)9-7-16-13-19(27-4)22(26)20(14-16)28-5/h6-9,12-14,26H,10-11,24H2,1-5H3/b9-7+. The first kappa shape index (κ1) is 22.9. The number of hydrogen-bond acceptors (Lipinski definition) is 7. The van der Waals surface area contributed by atoms with Gasteiger partial charge in [0, 0.05) is 12.5 Å². The van der Waals surface area contributed by atoms with E-state index in [1.807, 2.05) is 32.9 Å². The summed E-state index contributed by atoms with van der Waals surface area (Å²) in [5.74, 6) is 0.528. The molecule has 0 aliphatic rings. The van der Waals surface area contributed by atoms with E-state index in [0.717, 1.165) is 5.56 Å². The van der Waals surface area contributed by atoms with E-state index in [4.69, 9.17) is 24.7 Å². The fraction of sp³-hybridized carbons (Fsp3) is 0.348. The van der Waals surface area contributed by atoms with Crippen LogP contribution in [0, 0.1) is 0 Å². The van der Waals surface area contributed by atoms with Crippen LogP contribution in [0.2, 0.25) is 0 Å². The zero-order valence-electron chi connectivity index (χ0n) is 18.0. The Hall–Kier alpha value is -3.35. The molecule has 0 bridgehead atoms. The van der Waals surface area contributed by atoms with Crippen molar-refractivity contribution in [2.24, 2.45) is 0 Å². The van der Waals surface area contributed by atoms with Crippen LogP contribution in [0.5, 0.6) is 23.0 Å². The molecule has 2 aromatic carbocycles. The van der Waals surface area contributed by atoms with E-state index in [-0.39, 0.29) is 29.5 Å². The molecule has 0 aromatic heterocycles. The number of nitrogens with two attached hydrogens (primary N) is 1. The minimum Gasteiger partial charge on any atom is -0.502 e. The Morgan fingerprint density at radius 2 is 1.70 bits per heavy atom. The number of nitrogen functional groups attached to an aromatic ring is 1. The van der Waals surface area contributed by atoms with Gasteiger partial charge in [0.25, 0.3) is 0 Å². The number of ether oxygens (including phenoxy) is 4. The summed E-state index contributed by atoms with van der Waals surface area (Å²) >= 11 is 0. The SMILES string of the molecule is COc1cc(/C=C/C(=O)OCCc2ccc(N)c(OC(C)(C)C)c2)cc(OC)c1O. The van der Waals surface area contributed by atoms with E-state index in [1.54, 1.807) is 24.3 Å². The zero-order valence-corrected chi connectivity index (χ0v) is 18.0. The van der Waals surface area contributed by atoms with Crippen LogP contribution in [0.1, 0.15) is 31.9 Å². The van der Waals surface area contributed by atoms with Crippen LogP contribution in [-0.4, -0.2) is 37.5 Å². The average molecular weight is 415 g/mol. The first-order valence-corrected chi connectivity index (χ1v) is 9.50. The Bertz CT molecular complexity index is 889. The quantitative estimate of drug-likeness (QED) is 0.382. The molecule has 2 rings (SSSR count). The average Bonchev–Trinajstić information content (AvgIpc) is 2.68. The molecule has 0 unspecified atom stereocenters. The molecular weight excluding hydrogens is 386 g/mol. The van der Waals surface area contributed by atoms with Gasteiger partial charge in [0.1, 0.15) is 11.4 Å². The lowest BCUT2D eigenvalue weighted by Gasteiger charge is -2.22. The van der Waals surface area contributed by atoms with Crippen LogP contribution in [0.3, 0.4) is 0 Å². The minimum absolute atomic E-state index is 0.0990. The molecule has 162 valence electrons. The number of benzene rings is 2. The third-order valence-corrected chi connectivity index (χ3v) is 4.04. The summed E-state index contributed by atoms with van der Waals surface area (Å²) in [5, 5.41) is 9.93. The Morgan fingerprint density at radius 3 is 2.27 bits per heavy atom. The van der Waals surface area contributed by atoms with E-state index in [0.29, 0.717) is 23.4 Å². The first-order valence-electron chi connectivity index (χ1n) is 9.50. The van der Waals surface area contributed by atoms with Gasteiger partial charge in [0.15, 0.2) is 11.5 Å². The Kier molecular flexibility index (Phi) is 7.58. The number of aromatic hydroxyl groups is 1. The van der Waals surface area contributed by atoms with Gasteiger partial charge in [-0.25, -0.2) is 4.79 Å². The monoisotopic (exact) mass is 415 g/mol. The third kappa shape index (κ3) is 6.62. The molecule has 0 radical (unpaired) electrons. The molecule has 0 saturated carbocycles. The second kappa shape index (κ2) is 9.91. The largest absolute Gasteiger partial charge is 0.502 e. The number of anilines is 1. The molecular formula is C23H29NO6. The summed E-state index contributed by atoms with van der Waals surface area (Å²) in [6.45, 7) is 6.07. The number of rotatable bonds is 8. The number of esters is 1. The number of methoxy groups -OCH3 is 2. The molecule has 0 amide bonds. The van der Waals surface area contributed by atoms with Crippen molar-refractivity contribution < 1.29 is 28.8 Å². The van der Waals surface area contributed by atoms with Gasteiger partial charge in [0.2, 0.25) is 5.75 Å². The maximum absolute atomic E-state index is 12.0. The summed E-state index contributed by atoms with van der Waals surface area (Å²) in [5.41, 5.74) is 7.75. The topological polar surface area (TPSA) is 100 Å². The molecule has 0 fully saturated rings. The van der Waals surface area contributed by atoms with Crippen molar-refractivity contribution in [3.63, 3.8) is 0 Å². The van der Waals surface area contributed by atoms with Gasteiger partial charge in [-0.15, -0.1) is 0 Å². The van der Waals surface area contributed by atoms with Crippen molar-refractivity contribution in [2.75, 3.05) is 26.6 Å². The van der Waals surface area contributed by atoms with Gasteiger partial charge in [-0.3, -0.25) is 0 Å². The lowest BCUT2D eigenvalue weighted by molar-refractivity contribution is -0.137. The number of phenols is 1. The van der Waals surface area contributed by atoms with E-state index in [1.165, 1.54) is 20.3 Å². The van der Waals surface area contributed by atoms with Crippen LogP contribution in [0.15, 0.2) is 36.4 Å². The molecule has 30 heavy (non-hydrogen) atoms. The number of phenolic OH excluding ortho intramolecular Hbond substituents is 1. The van der Waals surface area contributed by atoms with Gasteiger partial charge >= 0.3 is 5.97 Å². The van der Waals surface area contributed by atoms with E-state index in [9.17, 15) is 9.90 Å². The summed E-state index contributed by atoms with van der Waals surface area (Å²) in [6.07, 6.45) is 3.40. The molecule has 0 atom stereocenters. The van der Waals surface area contributed by atoms with Gasteiger partial charge in [-0.1, -0.05) is 6.07 Å². The fourth-order valence-corrected chi connectivity index (χ4v) is 2.64. The van der Waals surface area contributed by atoms with Gasteiger partial charge < -0.3 is 29.8 Å². The van der Waals surface area contributed by atoms with Crippen molar-refractivity contribution in [1.29, 1.82) is 0 Å². The van der Waals surface area contributed by atoms with Crippen molar-refractivity contribution in [3.8, 4) is 23.0 Å². The molecule has 0 spiro atoms. The molecule has 7 nitrogen and oxygen atoms in total. The van der Waals surface area contributed by atoms with Gasteiger partial charge in [0.05, 0.1) is 26.5 Å². The summed E-state index contributed by atoms with van der Waals surface area (Å²) in [7, 11) is 2.87. The van der Waals surface area contributed by atoms with Crippen LogP contribution < -0.4 is 19.9 Å².